The number of nitrogens with one attached hydrogen (secondary N) is 1. The molecule has 1 heterocycles. The highest BCUT2D eigenvalue weighted by atomic mass is 32.1. The van der Waals surface area contributed by atoms with Gasteiger partial charge in [-0.1, -0.05) is 13.8 Å². The van der Waals surface area contributed by atoms with Gasteiger partial charge in [0.25, 0.3) is 0 Å². The van der Waals surface area contributed by atoms with Crippen LogP contribution < -0.4 is 5.32 Å². The minimum atomic E-state index is 0.238. The van der Waals surface area contributed by atoms with E-state index >= 15 is 0 Å². The third-order valence-corrected chi connectivity index (χ3v) is 4.14. The lowest BCUT2D eigenvalue weighted by atomic mass is 10.1. The van der Waals surface area contributed by atoms with Crippen LogP contribution in [-0.2, 0) is 6.42 Å². The van der Waals surface area contributed by atoms with E-state index in [-0.39, 0.29) is 6.61 Å². The highest BCUT2D eigenvalue weighted by Crippen LogP contribution is 2.25. The Balaban J connectivity index is 2.58. The van der Waals surface area contributed by atoms with Crippen molar-refractivity contribution in [2.24, 2.45) is 5.92 Å². The Bertz CT molecular complexity index is 325. The molecule has 2 N–H and O–H groups in total. The van der Waals surface area contributed by atoms with Crippen molar-refractivity contribution in [3.63, 3.8) is 0 Å². The third-order valence-electron chi connectivity index (χ3n) is 2.66. The molecule has 4 heteroatoms. The zero-order valence-electron chi connectivity index (χ0n) is 10.6. The van der Waals surface area contributed by atoms with Gasteiger partial charge in [0.15, 0.2) is 0 Å². The summed E-state index contributed by atoms with van der Waals surface area (Å²) in [5.41, 5.74) is 1.14. The van der Waals surface area contributed by atoms with Gasteiger partial charge in [-0.3, -0.25) is 0 Å². The maximum atomic E-state index is 8.97. The first kappa shape index (κ1) is 13.6. The van der Waals surface area contributed by atoms with Crippen LogP contribution in [0.2, 0.25) is 0 Å². The van der Waals surface area contributed by atoms with Gasteiger partial charge in [0.2, 0.25) is 0 Å². The number of hydrogen-bond acceptors (Lipinski definition) is 4. The second-order valence-electron chi connectivity index (χ2n) is 4.33. The monoisotopic (exact) mass is 242 g/mol. The molecule has 1 aromatic heterocycles. The number of aliphatic hydroxyl groups is 1. The van der Waals surface area contributed by atoms with Crippen molar-refractivity contribution in [1.29, 1.82) is 0 Å². The van der Waals surface area contributed by atoms with Crippen LogP contribution in [0.15, 0.2) is 0 Å². The van der Waals surface area contributed by atoms with Gasteiger partial charge < -0.3 is 10.4 Å². The van der Waals surface area contributed by atoms with Crippen molar-refractivity contribution in [3.8, 4) is 0 Å². The molecule has 0 aromatic carbocycles. The summed E-state index contributed by atoms with van der Waals surface area (Å²) in [5, 5.41) is 13.6. The van der Waals surface area contributed by atoms with E-state index in [1.807, 2.05) is 6.92 Å². The van der Waals surface area contributed by atoms with E-state index in [4.69, 9.17) is 5.11 Å². The molecule has 0 aliphatic carbocycles. The fraction of sp³-hybridized carbons (Fsp3) is 0.750. The smallest absolute Gasteiger partial charge is 0.0928 e. The Labute approximate surface area is 102 Å². The van der Waals surface area contributed by atoms with Crippen LogP contribution >= 0.6 is 11.3 Å². The van der Waals surface area contributed by atoms with E-state index in [9.17, 15) is 0 Å². The molecule has 0 bridgehead atoms. The van der Waals surface area contributed by atoms with Crippen LogP contribution in [-0.4, -0.2) is 23.2 Å². The van der Waals surface area contributed by atoms with Gasteiger partial charge in [0.05, 0.1) is 10.7 Å². The number of rotatable bonds is 6. The Morgan fingerprint density at radius 3 is 2.62 bits per heavy atom. The Morgan fingerprint density at radius 1 is 1.44 bits per heavy atom. The fourth-order valence-corrected chi connectivity index (χ4v) is 2.59. The molecule has 2 atom stereocenters. The summed E-state index contributed by atoms with van der Waals surface area (Å²) < 4.78 is 0. The van der Waals surface area contributed by atoms with Crippen LogP contribution in [0.25, 0.3) is 0 Å². The van der Waals surface area contributed by atoms with E-state index < -0.39 is 0 Å². The molecule has 1 aromatic rings. The lowest BCUT2D eigenvalue weighted by Crippen LogP contribution is -2.25. The molecule has 92 valence electrons. The SMILES string of the molecule is CCc1nc(C)c(C(C)NCC(C)CO)s1. The fourth-order valence-electron chi connectivity index (χ4n) is 1.55. The minimum Gasteiger partial charge on any atom is -0.396 e. The number of thiazole rings is 1. The average molecular weight is 242 g/mol. The predicted molar refractivity (Wildman–Crippen MR) is 68.9 cm³/mol. The zero-order chi connectivity index (χ0) is 12.1. The quantitative estimate of drug-likeness (QED) is 0.804. The Morgan fingerprint density at radius 2 is 2.12 bits per heavy atom. The van der Waals surface area contributed by atoms with Crippen LogP contribution in [0.1, 0.15) is 42.4 Å². The summed E-state index contributed by atoms with van der Waals surface area (Å²) in [6, 6.07) is 0.326. The van der Waals surface area contributed by atoms with E-state index in [0.29, 0.717) is 12.0 Å². The second kappa shape index (κ2) is 6.33. The average Bonchev–Trinajstić information content (AvgIpc) is 2.67. The van der Waals surface area contributed by atoms with E-state index in [0.717, 1.165) is 18.7 Å². The Hall–Kier alpha value is -0.450. The summed E-state index contributed by atoms with van der Waals surface area (Å²) in [7, 11) is 0. The molecule has 0 fully saturated rings. The van der Waals surface area contributed by atoms with Crippen molar-refractivity contribution in [1.82, 2.24) is 10.3 Å². The number of hydrogen-bond donors (Lipinski definition) is 2. The summed E-state index contributed by atoms with van der Waals surface area (Å²) in [4.78, 5) is 5.85. The first-order chi connectivity index (χ1) is 7.58. The molecule has 16 heavy (non-hydrogen) atoms. The van der Waals surface area contributed by atoms with Gasteiger partial charge in [-0.2, -0.15) is 0 Å². The molecular weight excluding hydrogens is 220 g/mol. The van der Waals surface area contributed by atoms with Crippen molar-refractivity contribution >= 4 is 11.3 Å². The molecule has 0 saturated carbocycles. The van der Waals surface area contributed by atoms with Crippen molar-refractivity contribution in [3.05, 3.63) is 15.6 Å². The molecule has 3 nitrogen and oxygen atoms in total. The summed E-state index contributed by atoms with van der Waals surface area (Å²) >= 11 is 1.79. The van der Waals surface area contributed by atoms with Crippen LogP contribution in [0, 0.1) is 12.8 Å². The number of aryl methyl sites for hydroxylation is 2. The van der Waals surface area contributed by atoms with E-state index in [1.165, 1.54) is 9.88 Å². The first-order valence-corrected chi connectivity index (χ1v) is 6.70. The minimum absolute atomic E-state index is 0.238. The molecule has 0 aliphatic rings. The molecular formula is C12H22N2OS. The van der Waals surface area contributed by atoms with Crippen molar-refractivity contribution in [2.75, 3.05) is 13.2 Å². The van der Waals surface area contributed by atoms with E-state index in [2.05, 4.69) is 31.1 Å². The first-order valence-electron chi connectivity index (χ1n) is 5.88. The van der Waals surface area contributed by atoms with Gasteiger partial charge in [-0.15, -0.1) is 11.3 Å². The van der Waals surface area contributed by atoms with Gasteiger partial charge in [-0.05, 0) is 26.2 Å². The number of aliphatic hydroxyl groups excluding tert-OH is 1. The lowest BCUT2D eigenvalue weighted by Gasteiger charge is -2.15. The summed E-state index contributed by atoms with van der Waals surface area (Å²) in [5.74, 6) is 0.307. The van der Waals surface area contributed by atoms with Crippen LogP contribution in [0.5, 0.6) is 0 Å². The third kappa shape index (κ3) is 3.54. The number of nitrogens with zero attached hydrogens (tertiary/aromatic N) is 1. The van der Waals surface area contributed by atoms with Crippen LogP contribution in [0.4, 0.5) is 0 Å². The Kier molecular flexibility index (Phi) is 5.38. The molecule has 2 unspecified atom stereocenters. The molecule has 0 aliphatic heterocycles. The highest BCUT2D eigenvalue weighted by molar-refractivity contribution is 7.11. The molecule has 0 spiro atoms. The lowest BCUT2D eigenvalue weighted by molar-refractivity contribution is 0.231. The van der Waals surface area contributed by atoms with Gasteiger partial charge >= 0.3 is 0 Å². The molecule has 0 radical (unpaired) electrons. The summed E-state index contributed by atoms with van der Waals surface area (Å²) in [6.07, 6.45) is 1.01. The highest BCUT2D eigenvalue weighted by Gasteiger charge is 2.13. The van der Waals surface area contributed by atoms with Crippen LogP contribution in [0.3, 0.4) is 0 Å². The molecule has 1 rings (SSSR count). The normalized spacial score (nSPS) is 15.1. The molecule has 0 amide bonds. The topological polar surface area (TPSA) is 45.2 Å². The largest absolute Gasteiger partial charge is 0.396 e. The predicted octanol–water partition coefficient (Wildman–Crippen LogP) is 2.29. The second-order valence-corrected chi connectivity index (χ2v) is 5.44. The number of aromatic nitrogens is 1. The molecule has 0 saturated heterocycles. The van der Waals surface area contributed by atoms with E-state index in [1.54, 1.807) is 11.3 Å². The maximum absolute atomic E-state index is 8.97. The van der Waals surface area contributed by atoms with Gasteiger partial charge in [0.1, 0.15) is 0 Å². The van der Waals surface area contributed by atoms with Gasteiger partial charge in [-0.25, -0.2) is 4.98 Å². The van der Waals surface area contributed by atoms with Gasteiger partial charge in [0, 0.05) is 24.1 Å². The zero-order valence-corrected chi connectivity index (χ0v) is 11.4. The van der Waals surface area contributed by atoms with Crippen molar-refractivity contribution in [2.45, 2.75) is 40.2 Å². The summed E-state index contributed by atoms with van der Waals surface area (Å²) in [6.45, 7) is 9.48. The standard InChI is InChI=1S/C12H22N2OS/c1-5-11-14-10(4)12(16-11)9(3)13-6-8(2)7-15/h8-9,13,15H,5-7H2,1-4H3. The van der Waals surface area contributed by atoms with Crippen molar-refractivity contribution < 1.29 is 5.11 Å². The maximum Gasteiger partial charge on any atom is 0.0928 e.